The van der Waals surface area contributed by atoms with Crippen LogP contribution in [0.3, 0.4) is 0 Å². The molecule has 0 aromatic carbocycles. The van der Waals surface area contributed by atoms with Gasteiger partial charge in [0.1, 0.15) is 24.4 Å². The van der Waals surface area contributed by atoms with Crippen molar-refractivity contribution in [3.63, 3.8) is 0 Å². The summed E-state index contributed by atoms with van der Waals surface area (Å²) >= 11 is 0. The van der Waals surface area contributed by atoms with Crippen molar-refractivity contribution in [2.24, 2.45) is 0 Å². The number of aliphatic hydroxyl groups is 5. The number of aliphatic hydroxyl groups excluding tert-OH is 5. The van der Waals surface area contributed by atoms with Crippen molar-refractivity contribution in [3.05, 3.63) is 12.2 Å². The molecule has 1 aliphatic heterocycles. The van der Waals surface area contributed by atoms with Crippen LogP contribution < -0.4 is 5.32 Å². The van der Waals surface area contributed by atoms with Crippen molar-refractivity contribution in [2.75, 3.05) is 19.8 Å². The first-order valence-electron chi connectivity index (χ1n) is 29.5. The molecule has 1 heterocycles. The van der Waals surface area contributed by atoms with E-state index in [0.29, 0.717) is 19.4 Å². The molecular weight excluding hydrogens is 871 g/mol. The number of hydrogen-bond donors (Lipinski definition) is 6. The summed E-state index contributed by atoms with van der Waals surface area (Å²) in [4.78, 5) is 25.0. The van der Waals surface area contributed by atoms with Gasteiger partial charge in [-0.15, -0.1) is 0 Å². The van der Waals surface area contributed by atoms with E-state index in [1.165, 1.54) is 193 Å². The van der Waals surface area contributed by atoms with Crippen LogP contribution in [0.25, 0.3) is 0 Å². The third kappa shape index (κ3) is 38.7. The van der Waals surface area contributed by atoms with Crippen molar-refractivity contribution in [1.29, 1.82) is 0 Å². The maximum Gasteiger partial charge on any atom is 0.305 e. The Morgan fingerprint density at radius 1 is 0.522 bits per heavy atom. The summed E-state index contributed by atoms with van der Waals surface area (Å²) < 4.78 is 16.7. The molecule has 7 atom stereocenters. The van der Waals surface area contributed by atoms with Crippen LogP contribution in [-0.2, 0) is 23.8 Å². The zero-order valence-electron chi connectivity index (χ0n) is 44.8. The number of esters is 1. The molecule has 1 rings (SSSR count). The lowest BCUT2D eigenvalue weighted by Gasteiger charge is -2.40. The third-order valence-corrected chi connectivity index (χ3v) is 14.2. The molecule has 0 aliphatic carbocycles. The van der Waals surface area contributed by atoms with Crippen LogP contribution in [-0.4, -0.2) is 100 Å². The first-order valence-corrected chi connectivity index (χ1v) is 29.5. The Kier molecular flexibility index (Phi) is 46.1. The monoisotopic (exact) mass is 982 g/mol. The number of rotatable bonds is 51. The summed E-state index contributed by atoms with van der Waals surface area (Å²) in [7, 11) is 0. The molecule has 0 bridgehead atoms. The normalized spacial score (nSPS) is 19.3. The molecule has 1 amide bonds. The lowest BCUT2D eigenvalue weighted by Crippen LogP contribution is -2.60. The minimum atomic E-state index is -1.57. The highest BCUT2D eigenvalue weighted by molar-refractivity contribution is 5.76. The van der Waals surface area contributed by atoms with E-state index in [1.807, 2.05) is 6.08 Å². The van der Waals surface area contributed by atoms with Gasteiger partial charge in [0.2, 0.25) is 5.91 Å². The van der Waals surface area contributed by atoms with Crippen molar-refractivity contribution in [2.45, 2.75) is 326 Å². The highest BCUT2D eigenvalue weighted by Crippen LogP contribution is 2.23. The highest BCUT2D eigenvalue weighted by Gasteiger charge is 2.44. The fourth-order valence-electron chi connectivity index (χ4n) is 9.44. The van der Waals surface area contributed by atoms with E-state index >= 15 is 0 Å². The summed E-state index contributed by atoms with van der Waals surface area (Å²) in [5.41, 5.74) is 0. The average Bonchev–Trinajstić information content (AvgIpc) is 3.34. The SMILES string of the molecule is CCCCCCCCCCCC/C=C/C(O)C(COC1OC(CO)C(O)C(O)C1O)NC(=O)CCCCCCCCCCCCCCCCCCCCOC(=O)CCCCCCCCCCCCC. The van der Waals surface area contributed by atoms with Crippen molar-refractivity contribution < 1.29 is 49.3 Å². The Labute approximate surface area is 423 Å². The molecule has 1 saturated heterocycles. The molecule has 6 N–H and O–H groups in total. The first kappa shape index (κ1) is 65.4. The fourth-order valence-corrected chi connectivity index (χ4v) is 9.44. The van der Waals surface area contributed by atoms with Crippen LogP contribution in [0.2, 0.25) is 0 Å². The third-order valence-electron chi connectivity index (χ3n) is 14.2. The molecule has 0 saturated carbocycles. The molecule has 1 aliphatic rings. The van der Waals surface area contributed by atoms with Crippen LogP contribution in [0, 0.1) is 0 Å². The van der Waals surface area contributed by atoms with Crippen LogP contribution >= 0.6 is 0 Å². The number of nitrogens with one attached hydrogen (secondary N) is 1. The fraction of sp³-hybridized carbons (Fsp3) is 0.931. The van der Waals surface area contributed by atoms with Gasteiger partial charge in [0.05, 0.1) is 32.0 Å². The average molecular weight is 983 g/mol. The van der Waals surface area contributed by atoms with Crippen molar-refractivity contribution in [3.8, 4) is 0 Å². The number of amides is 1. The Bertz CT molecular complexity index is 1160. The standard InChI is InChI=1S/C58H111NO10/c1-3-5-7-9-11-13-15-25-28-32-36-40-44-51(61)50(49-68-58-57(66)56(65)55(64)52(48-60)69-58)59-53(62)45-41-37-33-29-26-22-20-18-16-17-19-21-23-27-31-35-39-43-47-67-54(63)46-42-38-34-30-24-14-12-10-8-6-4-2/h40,44,50-52,55-58,60-61,64-66H,3-39,41-43,45-49H2,1-2H3,(H,59,62)/b44-40+. The Hall–Kier alpha value is -1.60. The zero-order chi connectivity index (χ0) is 50.3. The topological polar surface area (TPSA) is 175 Å². The van der Waals surface area contributed by atoms with E-state index in [0.717, 1.165) is 64.2 Å². The molecule has 408 valence electrons. The van der Waals surface area contributed by atoms with E-state index in [4.69, 9.17) is 14.2 Å². The van der Waals surface area contributed by atoms with Gasteiger partial charge in [-0.05, 0) is 32.1 Å². The predicted molar refractivity (Wildman–Crippen MR) is 283 cm³/mol. The van der Waals surface area contributed by atoms with Gasteiger partial charge in [-0.25, -0.2) is 0 Å². The minimum absolute atomic E-state index is 0.00838. The van der Waals surface area contributed by atoms with Gasteiger partial charge in [0, 0.05) is 12.8 Å². The molecule has 1 fully saturated rings. The number of allylic oxidation sites excluding steroid dienone is 1. The van der Waals surface area contributed by atoms with Crippen LogP contribution in [0.5, 0.6) is 0 Å². The largest absolute Gasteiger partial charge is 0.466 e. The molecule has 0 aromatic heterocycles. The summed E-state index contributed by atoms with van der Waals surface area (Å²) in [5.74, 6) is -0.193. The van der Waals surface area contributed by atoms with Gasteiger partial charge in [-0.3, -0.25) is 9.59 Å². The van der Waals surface area contributed by atoms with Gasteiger partial charge in [-0.2, -0.15) is 0 Å². The summed E-state index contributed by atoms with van der Waals surface area (Å²) in [6.45, 7) is 4.33. The molecule has 0 aromatic rings. The molecule has 0 spiro atoms. The molecule has 11 heteroatoms. The van der Waals surface area contributed by atoms with Crippen LogP contribution in [0.15, 0.2) is 12.2 Å². The van der Waals surface area contributed by atoms with Gasteiger partial charge in [-0.1, -0.05) is 251 Å². The quantitative estimate of drug-likeness (QED) is 0.0195. The number of ether oxygens (including phenoxy) is 3. The van der Waals surface area contributed by atoms with Crippen molar-refractivity contribution in [1.82, 2.24) is 5.32 Å². The molecule has 0 radical (unpaired) electrons. The van der Waals surface area contributed by atoms with E-state index in [2.05, 4.69) is 19.2 Å². The summed E-state index contributed by atoms with van der Waals surface area (Å²) in [5, 5.41) is 54.3. The smallest absolute Gasteiger partial charge is 0.305 e. The maximum absolute atomic E-state index is 13.0. The minimum Gasteiger partial charge on any atom is -0.466 e. The Balaban J connectivity index is 2.09. The lowest BCUT2D eigenvalue weighted by molar-refractivity contribution is -0.302. The molecule has 7 unspecified atom stereocenters. The molecular formula is C58H111NO10. The van der Waals surface area contributed by atoms with Crippen molar-refractivity contribution >= 4 is 11.9 Å². The molecule has 11 nitrogen and oxygen atoms in total. The Morgan fingerprint density at radius 2 is 0.913 bits per heavy atom. The van der Waals surface area contributed by atoms with Gasteiger partial charge in [0.25, 0.3) is 0 Å². The number of carbonyl (C=O) groups excluding carboxylic acids is 2. The lowest BCUT2D eigenvalue weighted by atomic mass is 9.99. The second-order valence-corrected chi connectivity index (χ2v) is 20.7. The summed E-state index contributed by atoms with van der Waals surface area (Å²) in [6.07, 6.45) is 45.8. The van der Waals surface area contributed by atoms with E-state index in [-0.39, 0.29) is 18.5 Å². The zero-order valence-corrected chi connectivity index (χ0v) is 44.8. The van der Waals surface area contributed by atoms with E-state index in [9.17, 15) is 35.1 Å². The van der Waals surface area contributed by atoms with Gasteiger partial charge in [0.15, 0.2) is 6.29 Å². The Morgan fingerprint density at radius 3 is 1.35 bits per heavy atom. The predicted octanol–water partition coefficient (Wildman–Crippen LogP) is 13.2. The maximum atomic E-state index is 13.0. The first-order chi connectivity index (χ1) is 33.7. The number of hydrogen-bond acceptors (Lipinski definition) is 10. The highest BCUT2D eigenvalue weighted by atomic mass is 16.7. The summed E-state index contributed by atoms with van der Waals surface area (Å²) in [6, 6.07) is -0.811. The number of unbranched alkanes of at least 4 members (excludes halogenated alkanes) is 37. The van der Waals surface area contributed by atoms with Gasteiger partial charge >= 0.3 is 5.97 Å². The van der Waals surface area contributed by atoms with Crippen LogP contribution in [0.1, 0.15) is 284 Å². The number of carbonyl (C=O) groups is 2. The van der Waals surface area contributed by atoms with E-state index in [1.54, 1.807) is 6.08 Å². The second kappa shape index (κ2) is 48.7. The van der Waals surface area contributed by atoms with E-state index < -0.39 is 49.5 Å². The molecule has 69 heavy (non-hydrogen) atoms. The van der Waals surface area contributed by atoms with Gasteiger partial charge < -0.3 is 45.1 Å². The van der Waals surface area contributed by atoms with Crippen LogP contribution in [0.4, 0.5) is 0 Å². The second-order valence-electron chi connectivity index (χ2n) is 20.7.